The minimum absolute atomic E-state index is 0.0110. The van der Waals surface area contributed by atoms with Crippen LogP contribution in [0.4, 0.5) is 19.0 Å². The van der Waals surface area contributed by atoms with Crippen molar-refractivity contribution in [2.45, 2.75) is 30.6 Å². The summed E-state index contributed by atoms with van der Waals surface area (Å²) in [7, 11) is -5.64. The Labute approximate surface area is 152 Å². The Morgan fingerprint density at radius 1 is 1.30 bits per heavy atom. The number of nitrogens with zero attached hydrogens (tertiary/aromatic N) is 3. The molecule has 4 rings (SSSR count). The van der Waals surface area contributed by atoms with Gasteiger partial charge in [0.15, 0.2) is 5.65 Å². The van der Waals surface area contributed by atoms with E-state index in [1.165, 1.54) is 18.3 Å². The van der Waals surface area contributed by atoms with E-state index in [1.807, 2.05) is 4.90 Å². The molecule has 2 aliphatic heterocycles. The van der Waals surface area contributed by atoms with Gasteiger partial charge in [-0.1, -0.05) is 0 Å². The first kappa shape index (κ1) is 18.2. The molecule has 27 heavy (non-hydrogen) atoms. The third-order valence-corrected chi connectivity index (χ3v) is 5.50. The van der Waals surface area contributed by atoms with E-state index in [2.05, 4.69) is 9.17 Å². The number of aromatic nitrogens is 2. The quantitative estimate of drug-likeness (QED) is 0.778. The Bertz CT molecular complexity index is 983. The van der Waals surface area contributed by atoms with Crippen molar-refractivity contribution in [1.82, 2.24) is 9.38 Å². The van der Waals surface area contributed by atoms with Crippen LogP contribution in [0.2, 0.25) is 0 Å². The van der Waals surface area contributed by atoms with E-state index in [1.54, 1.807) is 0 Å². The normalized spacial score (nSPS) is 24.8. The second-order valence-corrected chi connectivity index (χ2v) is 7.96. The standard InChI is InChI=1S/C15H14F3N3O5S/c16-15(17,18)27(23,24)26-11-2-1-5-21-13(22)6-12(19-14(11)21)20-7-9-3-4-10(8-20)25-9/h1-2,5-6,9-10H,3-4,7-8H2/p+1. The smallest absolute Gasteiger partial charge is 0.371 e. The van der Waals surface area contributed by atoms with Gasteiger partial charge in [0.2, 0.25) is 5.75 Å². The molecular weight excluding hydrogens is 391 g/mol. The summed E-state index contributed by atoms with van der Waals surface area (Å²) in [5.41, 5.74) is -6.30. The summed E-state index contributed by atoms with van der Waals surface area (Å²) in [4.78, 5) is 18.4. The zero-order valence-electron chi connectivity index (χ0n) is 13.8. The van der Waals surface area contributed by atoms with Crippen LogP contribution in [0.15, 0.2) is 29.2 Å². The van der Waals surface area contributed by atoms with Gasteiger partial charge < -0.3 is 9.64 Å². The maximum Gasteiger partial charge on any atom is 0.650 e. The number of anilines is 1. The van der Waals surface area contributed by atoms with Crippen LogP contribution in [0.5, 0.6) is 5.75 Å². The van der Waals surface area contributed by atoms with E-state index in [-0.39, 0.29) is 23.7 Å². The van der Waals surface area contributed by atoms with Gasteiger partial charge in [0.1, 0.15) is 5.82 Å². The molecule has 0 aromatic carbocycles. The topological polar surface area (TPSA) is 93.4 Å². The summed E-state index contributed by atoms with van der Waals surface area (Å²) in [6.07, 6.45) is 3.09. The van der Waals surface area contributed by atoms with Gasteiger partial charge in [0.25, 0.3) is 5.56 Å². The minimum atomic E-state index is -5.64. The van der Waals surface area contributed by atoms with E-state index < -0.39 is 27.3 Å². The molecule has 12 heteroatoms. The van der Waals surface area contributed by atoms with E-state index >= 15 is 0 Å². The molecule has 0 saturated carbocycles. The lowest BCUT2D eigenvalue weighted by Gasteiger charge is -2.32. The van der Waals surface area contributed by atoms with Crippen molar-refractivity contribution < 1.29 is 30.9 Å². The third kappa shape index (κ3) is 3.28. The molecule has 0 amide bonds. The second-order valence-electron chi connectivity index (χ2n) is 6.39. The lowest BCUT2D eigenvalue weighted by atomic mass is 10.2. The van der Waals surface area contributed by atoms with Crippen LogP contribution in [0.25, 0.3) is 5.65 Å². The van der Waals surface area contributed by atoms with Gasteiger partial charge in [-0.15, -0.1) is 17.7 Å². The first-order valence-corrected chi connectivity index (χ1v) is 9.53. The first-order valence-electron chi connectivity index (χ1n) is 8.09. The van der Waals surface area contributed by atoms with Gasteiger partial charge >= 0.3 is 16.0 Å². The lowest BCUT2D eigenvalue weighted by molar-refractivity contribution is -0.0577. The van der Waals surface area contributed by atoms with Crippen molar-refractivity contribution in [1.29, 1.82) is 0 Å². The number of hydrogen-bond acceptors (Lipinski definition) is 6. The highest BCUT2D eigenvalue weighted by Crippen LogP contribution is 2.33. The second kappa shape index (κ2) is 6.17. The fraction of sp³-hybridized carbons (Fsp3) is 0.467. The average molecular weight is 406 g/mol. The van der Waals surface area contributed by atoms with Crippen LogP contribution < -0.4 is 14.6 Å². The number of hydrogen-bond donors (Lipinski definition) is 1. The van der Waals surface area contributed by atoms with Crippen molar-refractivity contribution in [3.8, 4) is 5.75 Å². The predicted octanol–water partition coefficient (Wildman–Crippen LogP) is 1.85. The third-order valence-electron chi connectivity index (χ3n) is 4.50. The molecule has 2 aromatic rings. The Hall–Kier alpha value is -2.18. The van der Waals surface area contributed by atoms with E-state index in [9.17, 15) is 22.2 Å². The van der Waals surface area contributed by atoms with Crippen LogP contribution >= 0.6 is 0 Å². The summed E-state index contributed by atoms with van der Waals surface area (Å²) in [6, 6.07) is 3.55. The number of fused-ring (bicyclic) bond motifs is 3. The molecule has 2 bridgehead atoms. The molecule has 3 atom stereocenters. The Morgan fingerprint density at radius 3 is 2.59 bits per heavy atom. The number of morpholine rings is 1. The monoisotopic (exact) mass is 406 g/mol. The van der Waals surface area contributed by atoms with Gasteiger partial charge in [-0.2, -0.15) is 0 Å². The van der Waals surface area contributed by atoms with Gasteiger partial charge in [-0.3, -0.25) is 9.20 Å². The SMILES string of the molecule is O=c1cc(N2CC3CCC(C2)O3)nc2c(O[S+](=O)(O)C(F)(F)F)cccn12. The van der Waals surface area contributed by atoms with Crippen LogP contribution in [0.1, 0.15) is 12.8 Å². The van der Waals surface area contributed by atoms with Crippen LogP contribution in [0.3, 0.4) is 0 Å². The fourth-order valence-electron chi connectivity index (χ4n) is 3.29. The Morgan fingerprint density at radius 2 is 1.96 bits per heavy atom. The molecule has 146 valence electrons. The van der Waals surface area contributed by atoms with Gasteiger partial charge in [0, 0.05) is 25.4 Å². The molecule has 0 aliphatic carbocycles. The summed E-state index contributed by atoms with van der Waals surface area (Å²) in [6.45, 7) is 1.00. The van der Waals surface area contributed by atoms with Crippen molar-refractivity contribution in [2.75, 3.05) is 18.0 Å². The van der Waals surface area contributed by atoms with E-state index in [0.29, 0.717) is 13.1 Å². The van der Waals surface area contributed by atoms with E-state index in [0.717, 1.165) is 23.3 Å². The van der Waals surface area contributed by atoms with Crippen molar-refractivity contribution >= 4 is 22.0 Å². The molecule has 3 unspecified atom stereocenters. The first-order chi connectivity index (χ1) is 12.6. The number of ether oxygens (including phenoxy) is 1. The Balaban J connectivity index is 1.77. The van der Waals surface area contributed by atoms with Crippen molar-refractivity contribution in [2.24, 2.45) is 0 Å². The summed E-state index contributed by atoms with van der Waals surface area (Å²) in [5, 5.41) is 0. The average Bonchev–Trinajstić information content (AvgIpc) is 2.92. The van der Waals surface area contributed by atoms with Crippen LogP contribution in [-0.2, 0) is 19.4 Å². The minimum Gasteiger partial charge on any atom is -0.371 e. The van der Waals surface area contributed by atoms with Gasteiger partial charge in [0.05, 0.1) is 12.2 Å². The van der Waals surface area contributed by atoms with Crippen LogP contribution in [0, 0.1) is 0 Å². The molecule has 4 heterocycles. The summed E-state index contributed by atoms with van der Waals surface area (Å²) < 4.78 is 69.7. The molecule has 0 radical (unpaired) electrons. The number of rotatable bonds is 3. The molecule has 8 nitrogen and oxygen atoms in total. The highest BCUT2D eigenvalue weighted by molar-refractivity contribution is 7.94. The molecule has 2 fully saturated rings. The highest BCUT2D eigenvalue weighted by Gasteiger charge is 2.63. The number of halogens is 3. The summed E-state index contributed by atoms with van der Waals surface area (Å²) in [5.74, 6) is -0.356. The largest absolute Gasteiger partial charge is 0.650 e. The van der Waals surface area contributed by atoms with Crippen LogP contribution in [-0.4, -0.2) is 44.7 Å². The molecular formula is C15H15F3N3O5S+. The molecule has 0 spiro atoms. The molecule has 2 aromatic heterocycles. The molecule has 1 N–H and O–H groups in total. The molecule has 2 aliphatic rings. The fourth-order valence-corrected chi connectivity index (χ4v) is 3.75. The highest BCUT2D eigenvalue weighted by atomic mass is 32.3. The van der Waals surface area contributed by atoms with Crippen molar-refractivity contribution in [3.05, 3.63) is 34.7 Å². The summed E-state index contributed by atoms with van der Waals surface area (Å²) >= 11 is 0. The Kier molecular flexibility index (Phi) is 4.16. The maximum atomic E-state index is 12.7. The van der Waals surface area contributed by atoms with Gasteiger partial charge in [-0.05, 0) is 29.2 Å². The number of alkyl halides is 3. The number of pyridine rings is 1. The zero-order chi connectivity index (χ0) is 19.4. The van der Waals surface area contributed by atoms with E-state index in [4.69, 9.17) is 9.29 Å². The van der Waals surface area contributed by atoms with Crippen molar-refractivity contribution in [3.63, 3.8) is 0 Å². The molecule has 2 saturated heterocycles. The van der Waals surface area contributed by atoms with Gasteiger partial charge in [-0.25, -0.2) is 9.17 Å². The zero-order valence-corrected chi connectivity index (χ0v) is 14.6. The predicted molar refractivity (Wildman–Crippen MR) is 88.9 cm³/mol. The lowest BCUT2D eigenvalue weighted by Crippen LogP contribution is -2.43. The maximum absolute atomic E-state index is 12.7.